The van der Waals surface area contributed by atoms with Crippen LogP contribution < -0.4 is 0 Å². The number of carbonyl (C=O) groups is 1. The highest BCUT2D eigenvalue weighted by molar-refractivity contribution is 5.92. The van der Waals surface area contributed by atoms with Gasteiger partial charge in [-0.1, -0.05) is 30.3 Å². The molecule has 1 fully saturated rings. The molecule has 2 heterocycles. The zero-order valence-electron chi connectivity index (χ0n) is 14.2. The van der Waals surface area contributed by atoms with E-state index < -0.39 is 0 Å². The summed E-state index contributed by atoms with van der Waals surface area (Å²) >= 11 is 0. The van der Waals surface area contributed by atoms with Crippen LogP contribution in [0.25, 0.3) is 0 Å². The molecule has 1 aliphatic heterocycles. The van der Waals surface area contributed by atoms with Gasteiger partial charge in [-0.2, -0.15) is 5.10 Å². The van der Waals surface area contributed by atoms with Crippen molar-refractivity contribution >= 4 is 5.91 Å². The van der Waals surface area contributed by atoms with Crippen molar-refractivity contribution in [1.29, 1.82) is 0 Å². The minimum absolute atomic E-state index is 0.0954. The Balaban J connectivity index is 1.43. The van der Waals surface area contributed by atoms with Crippen molar-refractivity contribution in [2.45, 2.75) is 32.9 Å². The molecule has 5 heteroatoms. The molecule has 0 saturated carbocycles. The number of piperidine rings is 1. The molecule has 24 heavy (non-hydrogen) atoms. The van der Waals surface area contributed by atoms with Crippen molar-refractivity contribution < 1.29 is 9.53 Å². The van der Waals surface area contributed by atoms with Crippen LogP contribution in [0.5, 0.6) is 0 Å². The molecule has 0 radical (unpaired) electrons. The minimum atomic E-state index is 0.0954. The molecule has 0 bridgehead atoms. The average Bonchev–Trinajstić information content (AvgIpc) is 3.11. The predicted octanol–water partition coefficient (Wildman–Crippen LogP) is 2.97. The standard InChI is InChI=1S/C19H25N3O2/c1-2-22-18(8-11-20-22)19(23)21-12-9-17(10-13-21)15-24-14-16-6-4-3-5-7-16/h3-8,11,17H,2,9-10,12-15H2,1H3. The molecular weight excluding hydrogens is 302 g/mol. The lowest BCUT2D eigenvalue weighted by Crippen LogP contribution is -2.40. The van der Waals surface area contributed by atoms with E-state index in [2.05, 4.69) is 17.2 Å². The molecule has 3 rings (SSSR count). The fraction of sp³-hybridized carbons (Fsp3) is 0.474. The Bertz CT molecular complexity index is 646. The normalized spacial score (nSPS) is 15.6. The van der Waals surface area contributed by atoms with Crippen molar-refractivity contribution in [3.63, 3.8) is 0 Å². The average molecular weight is 327 g/mol. The summed E-state index contributed by atoms with van der Waals surface area (Å²) in [6.07, 6.45) is 3.70. The van der Waals surface area contributed by atoms with Crippen LogP contribution in [0.4, 0.5) is 0 Å². The van der Waals surface area contributed by atoms with Gasteiger partial charge in [0.05, 0.1) is 6.61 Å². The third-order valence-corrected chi connectivity index (χ3v) is 4.60. The van der Waals surface area contributed by atoms with Crippen molar-refractivity contribution in [2.24, 2.45) is 5.92 Å². The lowest BCUT2D eigenvalue weighted by Gasteiger charge is -2.32. The molecule has 0 spiro atoms. The fourth-order valence-corrected chi connectivity index (χ4v) is 3.15. The van der Waals surface area contributed by atoms with Crippen LogP contribution in [0, 0.1) is 5.92 Å². The highest BCUT2D eigenvalue weighted by atomic mass is 16.5. The number of ether oxygens (including phenoxy) is 1. The Labute approximate surface area is 143 Å². The summed E-state index contributed by atoms with van der Waals surface area (Å²) < 4.78 is 7.61. The Morgan fingerprint density at radius 2 is 1.96 bits per heavy atom. The third-order valence-electron chi connectivity index (χ3n) is 4.60. The summed E-state index contributed by atoms with van der Waals surface area (Å²) in [6, 6.07) is 12.0. The van der Waals surface area contributed by atoms with E-state index in [9.17, 15) is 4.79 Å². The summed E-state index contributed by atoms with van der Waals surface area (Å²) in [7, 11) is 0. The molecule has 1 aromatic heterocycles. The summed E-state index contributed by atoms with van der Waals surface area (Å²) in [5.41, 5.74) is 1.90. The SMILES string of the molecule is CCn1nccc1C(=O)N1CCC(COCc2ccccc2)CC1. The Kier molecular flexibility index (Phi) is 5.64. The third kappa shape index (κ3) is 4.03. The number of aromatic nitrogens is 2. The van der Waals surface area contributed by atoms with E-state index in [1.165, 1.54) is 5.56 Å². The van der Waals surface area contributed by atoms with Gasteiger partial charge in [0.2, 0.25) is 0 Å². The van der Waals surface area contributed by atoms with E-state index in [0.29, 0.717) is 18.2 Å². The Morgan fingerprint density at radius 3 is 2.67 bits per heavy atom. The molecule has 1 aromatic carbocycles. The first kappa shape index (κ1) is 16.7. The van der Waals surface area contributed by atoms with Gasteiger partial charge in [0.1, 0.15) is 5.69 Å². The van der Waals surface area contributed by atoms with E-state index in [1.54, 1.807) is 16.9 Å². The van der Waals surface area contributed by atoms with Gasteiger partial charge in [0.25, 0.3) is 5.91 Å². The van der Waals surface area contributed by atoms with Crippen LogP contribution >= 0.6 is 0 Å². The van der Waals surface area contributed by atoms with Crippen LogP contribution in [0.2, 0.25) is 0 Å². The Morgan fingerprint density at radius 1 is 1.21 bits per heavy atom. The summed E-state index contributed by atoms with van der Waals surface area (Å²) in [5, 5.41) is 4.18. The van der Waals surface area contributed by atoms with Gasteiger partial charge in [-0.3, -0.25) is 9.48 Å². The van der Waals surface area contributed by atoms with Gasteiger partial charge < -0.3 is 9.64 Å². The predicted molar refractivity (Wildman–Crippen MR) is 92.6 cm³/mol. The molecule has 0 unspecified atom stereocenters. The molecule has 0 atom stereocenters. The van der Waals surface area contributed by atoms with E-state index in [-0.39, 0.29) is 5.91 Å². The van der Waals surface area contributed by atoms with Crippen molar-refractivity contribution in [3.05, 3.63) is 53.9 Å². The van der Waals surface area contributed by atoms with E-state index in [1.807, 2.05) is 30.0 Å². The van der Waals surface area contributed by atoms with Crippen LogP contribution in [0.1, 0.15) is 35.8 Å². The molecule has 128 valence electrons. The number of aryl methyl sites for hydroxylation is 1. The van der Waals surface area contributed by atoms with Crippen LogP contribution in [-0.2, 0) is 17.9 Å². The molecule has 1 saturated heterocycles. The van der Waals surface area contributed by atoms with Gasteiger partial charge in [0, 0.05) is 32.4 Å². The molecule has 0 aliphatic carbocycles. The molecule has 2 aromatic rings. The first-order valence-corrected chi connectivity index (χ1v) is 8.70. The van der Waals surface area contributed by atoms with Gasteiger partial charge in [0.15, 0.2) is 0 Å². The monoisotopic (exact) mass is 327 g/mol. The maximum atomic E-state index is 12.6. The highest BCUT2D eigenvalue weighted by Gasteiger charge is 2.25. The van der Waals surface area contributed by atoms with Gasteiger partial charge >= 0.3 is 0 Å². The second-order valence-electron chi connectivity index (χ2n) is 6.27. The minimum Gasteiger partial charge on any atom is -0.376 e. The lowest BCUT2D eigenvalue weighted by molar-refractivity contribution is 0.0472. The summed E-state index contributed by atoms with van der Waals surface area (Å²) in [6.45, 7) is 5.75. The largest absolute Gasteiger partial charge is 0.376 e. The quantitative estimate of drug-likeness (QED) is 0.819. The summed E-state index contributed by atoms with van der Waals surface area (Å²) in [4.78, 5) is 14.5. The molecule has 5 nitrogen and oxygen atoms in total. The highest BCUT2D eigenvalue weighted by Crippen LogP contribution is 2.20. The second kappa shape index (κ2) is 8.11. The maximum absolute atomic E-state index is 12.6. The number of nitrogens with zero attached hydrogens (tertiary/aromatic N) is 3. The topological polar surface area (TPSA) is 47.4 Å². The van der Waals surface area contributed by atoms with E-state index in [0.717, 1.165) is 39.1 Å². The summed E-state index contributed by atoms with van der Waals surface area (Å²) in [5.74, 6) is 0.631. The zero-order valence-corrected chi connectivity index (χ0v) is 14.2. The van der Waals surface area contributed by atoms with Crippen molar-refractivity contribution in [1.82, 2.24) is 14.7 Å². The van der Waals surface area contributed by atoms with Crippen LogP contribution in [0.15, 0.2) is 42.6 Å². The number of carbonyl (C=O) groups excluding carboxylic acids is 1. The first-order chi connectivity index (χ1) is 11.8. The maximum Gasteiger partial charge on any atom is 0.272 e. The van der Waals surface area contributed by atoms with Crippen molar-refractivity contribution in [2.75, 3.05) is 19.7 Å². The molecule has 0 N–H and O–H groups in total. The van der Waals surface area contributed by atoms with Crippen LogP contribution in [-0.4, -0.2) is 40.3 Å². The van der Waals surface area contributed by atoms with Crippen molar-refractivity contribution in [3.8, 4) is 0 Å². The number of amides is 1. The van der Waals surface area contributed by atoms with E-state index in [4.69, 9.17) is 4.74 Å². The second-order valence-corrected chi connectivity index (χ2v) is 6.27. The molecular formula is C19H25N3O2. The number of hydrogen-bond donors (Lipinski definition) is 0. The molecule has 1 amide bonds. The first-order valence-electron chi connectivity index (χ1n) is 8.70. The number of hydrogen-bond acceptors (Lipinski definition) is 3. The van der Waals surface area contributed by atoms with E-state index >= 15 is 0 Å². The number of benzene rings is 1. The van der Waals surface area contributed by atoms with Gasteiger partial charge in [-0.15, -0.1) is 0 Å². The number of rotatable bonds is 6. The zero-order chi connectivity index (χ0) is 16.8. The lowest BCUT2D eigenvalue weighted by atomic mass is 9.97. The molecule has 1 aliphatic rings. The van der Waals surface area contributed by atoms with Crippen LogP contribution in [0.3, 0.4) is 0 Å². The smallest absolute Gasteiger partial charge is 0.272 e. The van der Waals surface area contributed by atoms with Gasteiger partial charge in [-0.25, -0.2) is 0 Å². The fourth-order valence-electron chi connectivity index (χ4n) is 3.15. The van der Waals surface area contributed by atoms with Gasteiger partial charge in [-0.05, 0) is 37.3 Å². The Hall–Kier alpha value is -2.14. The number of likely N-dealkylation sites (tertiary alicyclic amines) is 1.